The van der Waals surface area contributed by atoms with Crippen molar-refractivity contribution in [3.05, 3.63) is 107 Å². The molecular weight excluding hydrogens is 526 g/mol. The molecule has 1 aliphatic rings. The van der Waals surface area contributed by atoms with Crippen molar-refractivity contribution in [3.63, 3.8) is 0 Å². The summed E-state index contributed by atoms with van der Waals surface area (Å²) in [5.74, 6) is 0.926. The Balaban J connectivity index is 1.58. The summed E-state index contributed by atoms with van der Waals surface area (Å²) < 4.78 is 13.5. The molecular formula is C35H39N3O4. The first-order valence-electron chi connectivity index (χ1n) is 14.3. The largest absolute Gasteiger partial charge is 0.497 e. The van der Waals surface area contributed by atoms with Gasteiger partial charge in [-0.3, -0.25) is 14.5 Å². The lowest BCUT2D eigenvalue weighted by molar-refractivity contribution is -0.120. The van der Waals surface area contributed by atoms with Crippen LogP contribution in [-0.2, 0) is 10.2 Å². The fourth-order valence-corrected chi connectivity index (χ4v) is 5.60. The maximum atomic E-state index is 14.5. The summed E-state index contributed by atoms with van der Waals surface area (Å²) in [6.07, 6.45) is 2.00. The van der Waals surface area contributed by atoms with E-state index in [-0.39, 0.29) is 29.8 Å². The number of rotatable bonds is 7. The number of para-hydroxylation sites is 2. The zero-order valence-corrected chi connectivity index (χ0v) is 25.4. The van der Waals surface area contributed by atoms with E-state index in [2.05, 4.69) is 25.3 Å². The number of aromatic nitrogens is 1. The molecule has 0 saturated carbocycles. The topological polar surface area (TPSA) is 64.0 Å². The molecule has 3 aromatic carbocycles. The van der Waals surface area contributed by atoms with Crippen molar-refractivity contribution in [2.45, 2.75) is 52.1 Å². The van der Waals surface area contributed by atoms with E-state index in [9.17, 15) is 9.59 Å². The molecule has 7 heteroatoms. The molecule has 7 nitrogen and oxygen atoms in total. The maximum absolute atomic E-state index is 14.5. The summed E-state index contributed by atoms with van der Waals surface area (Å²) in [6.45, 7) is 10.2. The van der Waals surface area contributed by atoms with Crippen LogP contribution in [0.1, 0.15) is 67.8 Å². The Hall–Kier alpha value is -4.52. The van der Waals surface area contributed by atoms with Crippen LogP contribution >= 0.6 is 0 Å². The molecule has 2 heterocycles. The van der Waals surface area contributed by atoms with Gasteiger partial charge in [0.15, 0.2) is 0 Å². The lowest BCUT2D eigenvalue weighted by atomic mass is 9.86. The number of anilines is 1. The number of hydrogen-bond donors (Lipinski definition) is 0. The van der Waals surface area contributed by atoms with Gasteiger partial charge in [0.25, 0.3) is 5.91 Å². The van der Waals surface area contributed by atoms with Crippen LogP contribution in [0, 0.1) is 0 Å². The summed E-state index contributed by atoms with van der Waals surface area (Å²) in [7, 11) is 3.24. The monoisotopic (exact) mass is 565 g/mol. The second-order valence-electron chi connectivity index (χ2n) is 11.9. The van der Waals surface area contributed by atoms with Crippen molar-refractivity contribution in [1.29, 1.82) is 0 Å². The highest BCUT2D eigenvalue weighted by Gasteiger charge is 2.39. The van der Waals surface area contributed by atoms with Gasteiger partial charge in [0, 0.05) is 23.4 Å². The van der Waals surface area contributed by atoms with E-state index in [1.54, 1.807) is 24.0 Å². The minimum atomic E-state index is -0.511. The minimum Gasteiger partial charge on any atom is -0.497 e. The Kier molecular flexibility index (Phi) is 7.87. The molecule has 1 atom stereocenters. The molecule has 4 aromatic rings. The van der Waals surface area contributed by atoms with E-state index in [0.29, 0.717) is 17.1 Å². The zero-order valence-electron chi connectivity index (χ0n) is 25.4. The van der Waals surface area contributed by atoms with Crippen molar-refractivity contribution < 1.29 is 19.1 Å². The Morgan fingerprint density at radius 3 is 2.19 bits per heavy atom. The van der Waals surface area contributed by atoms with Gasteiger partial charge in [0.1, 0.15) is 24.1 Å². The number of methoxy groups -OCH3 is 2. The van der Waals surface area contributed by atoms with Crippen LogP contribution in [0.25, 0.3) is 5.69 Å². The van der Waals surface area contributed by atoms with Crippen molar-refractivity contribution in [3.8, 4) is 17.2 Å². The third kappa shape index (κ3) is 5.27. The van der Waals surface area contributed by atoms with Gasteiger partial charge < -0.3 is 18.9 Å². The number of amides is 2. The van der Waals surface area contributed by atoms with Crippen molar-refractivity contribution >= 4 is 17.5 Å². The second kappa shape index (κ2) is 11.4. The van der Waals surface area contributed by atoms with Gasteiger partial charge in [-0.25, -0.2) is 0 Å². The van der Waals surface area contributed by atoms with Crippen LogP contribution in [0.15, 0.2) is 85.1 Å². The number of fused-ring (bicyclic) bond motifs is 3. The Bertz CT molecular complexity index is 1600. The average Bonchev–Trinajstić information content (AvgIpc) is 3.48. The third-order valence-electron chi connectivity index (χ3n) is 7.91. The molecule has 0 saturated heterocycles. The molecule has 0 unspecified atom stereocenters. The highest BCUT2D eigenvalue weighted by Crippen LogP contribution is 2.45. The van der Waals surface area contributed by atoms with E-state index >= 15 is 0 Å². The molecule has 218 valence electrons. The fourth-order valence-electron chi connectivity index (χ4n) is 5.60. The van der Waals surface area contributed by atoms with Crippen LogP contribution in [0.3, 0.4) is 0 Å². The van der Waals surface area contributed by atoms with Gasteiger partial charge in [-0.1, -0.05) is 45.0 Å². The molecule has 1 aliphatic heterocycles. The second-order valence-corrected chi connectivity index (χ2v) is 11.9. The van der Waals surface area contributed by atoms with Gasteiger partial charge in [-0.05, 0) is 79.4 Å². The molecule has 2 amide bonds. The fraction of sp³-hybridized carbons (Fsp3) is 0.314. The molecule has 0 radical (unpaired) electrons. The van der Waals surface area contributed by atoms with Gasteiger partial charge in [-0.15, -0.1) is 0 Å². The number of carbonyl (C=O) groups is 2. The summed E-state index contributed by atoms with van der Waals surface area (Å²) >= 11 is 0. The summed E-state index contributed by atoms with van der Waals surface area (Å²) in [6, 6.07) is 24.4. The minimum absolute atomic E-state index is 0.0230. The van der Waals surface area contributed by atoms with E-state index in [1.807, 2.05) is 98.9 Å². The van der Waals surface area contributed by atoms with Gasteiger partial charge in [0.2, 0.25) is 5.91 Å². The Morgan fingerprint density at radius 2 is 1.57 bits per heavy atom. The number of ether oxygens (including phenoxy) is 2. The lowest BCUT2D eigenvalue weighted by Crippen LogP contribution is -2.48. The Morgan fingerprint density at radius 1 is 0.881 bits per heavy atom. The highest BCUT2D eigenvalue weighted by molar-refractivity contribution is 6.03. The smallest absolute Gasteiger partial charge is 0.254 e. The normalized spacial score (nSPS) is 14.3. The zero-order chi connectivity index (χ0) is 30.2. The number of hydrogen-bond acceptors (Lipinski definition) is 4. The van der Waals surface area contributed by atoms with Crippen molar-refractivity contribution in [2.75, 3.05) is 25.7 Å². The van der Waals surface area contributed by atoms with Gasteiger partial charge in [0.05, 0.1) is 31.3 Å². The van der Waals surface area contributed by atoms with Crippen LogP contribution in [0.5, 0.6) is 11.5 Å². The summed E-state index contributed by atoms with van der Waals surface area (Å²) in [5.41, 5.74) is 5.03. The summed E-state index contributed by atoms with van der Waals surface area (Å²) in [4.78, 5) is 31.8. The lowest BCUT2D eigenvalue weighted by Gasteiger charge is -2.40. The van der Waals surface area contributed by atoms with Crippen molar-refractivity contribution in [2.24, 2.45) is 0 Å². The van der Waals surface area contributed by atoms with Gasteiger partial charge in [-0.2, -0.15) is 0 Å². The van der Waals surface area contributed by atoms with Crippen LogP contribution < -0.4 is 14.4 Å². The number of carbonyl (C=O) groups excluding carboxylic acids is 2. The van der Waals surface area contributed by atoms with Crippen LogP contribution in [0.2, 0.25) is 0 Å². The molecule has 1 aromatic heterocycles. The predicted octanol–water partition coefficient (Wildman–Crippen LogP) is 6.78. The number of nitrogens with zero attached hydrogens (tertiary/aromatic N) is 3. The van der Waals surface area contributed by atoms with Crippen molar-refractivity contribution in [1.82, 2.24) is 9.47 Å². The van der Waals surface area contributed by atoms with E-state index in [0.717, 1.165) is 28.2 Å². The van der Waals surface area contributed by atoms with Gasteiger partial charge >= 0.3 is 0 Å². The quantitative estimate of drug-likeness (QED) is 0.248. The molecule has 0 aliphatic carbocycles. The summed E-state index contributed by atoms with van der Waals surface area (Å²) in [5, 5.41) is 0. The highest BCUT2D eigenvalue weighted by atomic mass is 16.5. The van der Waals surface area contributed by atoms with E-state index < -0.39 is 6.04 Å². The van der Waals surface area contributed by atoms with Crippen LogP contribution in [0.4, 0.5) is 5.69 Å². The average molecular weight is 566 g/mol. The molecule has 0 fully saturated rings. The standard InChI is InChI=1S/C35H39N3O4/c1-23(2)37(34(40)24-14-16-25(17-15-24)35(3,4)5)22-32(39)38-29-12-9-8-11-28(29)36-20-10-13-30(36)33(38)27-21-26(41-6)18-19-31(27)42-7/h8-21,23,33H,22H2,1-7H3/t33-/m1/s1. The molecule has 42 heavy (non-hydrogen) atoms. The number of benzene rings is 3. The molecule has 0 N–H and O–H groups in total. The van der Waals surface area contributed by atoms with E-state index in [4.69, 9.17) is 9.47 Å². The third-order valence-corrected chi connectivity index (χ3v) is 7.91. The Labute approximate surface area is 248 Å². The first kappa shape index (κ1) is 29.0. The maximum Gasteiger partial charge on any atom is 0.254 e. The first-order valence-corrected chi connectivity index (χ1v) is 14.3. The predicted molar refractivity (Wildman–Crippen MR) is 166 cm³/mol. The molecule has 0 bridgehead atoms. The van der Waals surface area contributed by atoms with E-state index in [1.165, 1.54) is 0 Å². The first-order chi connectivity index (χ1) is 20.0. The SMILES string of the molecule is COc1ccc(OC)c([C@@H]2c3cccn3-c3ccccc3N2C(=O)CN(C(=O)c2ccc(C(C)(C)C)cc2)C(C)C)c1. The molecule has 5 rings (SSSR count). The molecule has 0 spiro atoms. The van der Waals surface area contributed by atoms with Crippen LogP contribution in [-0.4, -0.2) is 48.1 Å².